The number of β-amino-alcohol motifs (C(OH)–C–C–N with tert-alkyl or cyclic N) is 1. The molecule has 5 aromatic rings. The lowest BCUT2D eigenvalue weighted by atomic mass is 9.98. The van der Waals surface area contributed by atoms with E-state index < -0.39 is 0 Å². The Morgan fingerprint density at radius 3 is 2.46 bits per heavy atom. The van der Waals surface area contributed by atoms with Crippen molar-refractivity contribution in [2.24, 2.45) is 7.05 Å². The quantitative estimate of drug-likeness (QED) is 0.338. The van der Waals surface area contributed by atoms with E-state index in [1.165, 1.54) is 0 Å². The first-order valence-corrected chi connectivity index (χ1v) is 11.9. The average molecular weight is 486 g/mol. The largest absolute Gasteiger partial charge is 0.493 e. The molecule has 0 bridgehead atoms. The molecular formula is C28H24ClN3O3. The number of nitrogens with zero attached hydrogens (tertiary/aromatic N) is 3. The van der Waals surface area contributed by atoms with Crippen LogP contribution in [-0.4, -0.2) is 43.8 Å². The second-order valence-corrected chi connectivity index (χ2v) is 9.51. The van der Waals surface area contributed by atoms with Crippen LogP contribution in [0.15, 0.2) is 72.9 Å². The van der Waals surface area contributed by atoms with Gasteiger partial charge in [0, 0.05) is 65.7 Å². The summed E-state index contributed by atoms with van der Waals surface area (Å²) in [5, 5.41) is 22.2. The number of carbonyl (C=O) groups excluding carboxylic acids is 1. The number of halogens is 1. The van der Waals surface area contributed by atoms with Crippen LogP contribution in [0.3, 0.4) is 0 Å². The number of ketones is 1. The van der Waals surface area contributed by atoms with Gasteiger partial charge in [-0.05, 0) is 66.1 Å². The Bertz CT molecular complexity index is 1600. The highest BCUT2D eigenvalue weighted by Gasteiger charge is 2.24. The fourth-order valence-corrected chi connectivity index (χ4v) is 5.28. The van der Waals surface area contributed by atoms with Gasteiger partial charge in [0.1, 0.15) is 0 Å². The zero-order valence-corrected chi connectivity index (χ0v) is 19.9. The van der Waals surface area contributed by atoms with Crippen molar-refractivity contribution >= 4 is 45.1 Å². The van der Waals surface area contributed by atoms with Crippen molar-refractivity contribution in [1.29, 1.82) is 0 Å². The summed E-state index contributed by atoms with van der Waals surface area (Å²) in [6, 6.07) is 21.3. The Morgan fingerprint density at radius 2 is 1.71 bits per heavy atom. The number of aromatic nitrogens is 2. The summed E-state index contributed by atoms with van der Waals surface area (Å²) < 4.78 is 3.13. The molecule has 2 aromatic heterocycles. The van der Waals surface area contributed by atoms with Gasteiger partial charge in [-0.2, -0.15) is 0 Å². The molecule has 1 unspecified atom stereocenters. The van der Waals surface area contributed by atoms with Crippen LogP contribution in [0.25, 0.3) is 32.9 Å². The summed E-state index contributed by atoms with van der Waals surface area (Å²) in [5.41, 5.74) is 5.25. The molecule has 1 aliphatic heterocycles. The first-order chi connectivity index (χ1) is 16.9. The molecular weight excluding hydrogens is 462 g/mol. The van der Waals surface area contributed by atoms with Gasteiger partial charge in [0.25, 0.3) is 0 Å². The number of aromatic hydroxyl groups is 1. The summed E-state index contributed by atoms with van der Waals surface area (Å²) in [7, 11) is 1.96. The average Bonchev–Trinajstić information content (AvgIpc) is 3.55. The Morgan fingerprint density at radius 1 is 0.971 bits per heavy atom. The molecule has 1 fully saturated rings. The van der Waals surface area contributed by atoms with E-state index >= 15 is 0 Å². The van der Waals surface area contributed by atoms with Crippen molar-refractivity contribution in [3.05, 3.63) is 84.1 Å². The summed E-state index contributed by atoms with van der Waals surface area (Å²) in [6.45, 7) is 1.49. The van der Waals surface area contributed by atoms with Gasteiger partial charge in [0.05, 0.1) is 17.2 Å². The van der Waals surface area contributed by atoms with Crippen molar-refractivity contribution in [3.8, 4) is 17.0 Å². The molecule has 35 heavy (non-hydrogen) atoms. The Labute approximate surface area is 207 Å². The molecule has 6 nitrogen and oxygen atoms in total. The molecule has 3 aromatic carbocycles. The monoisotopic (exact) mass is 485 g/mol. The van der Waals surface area contributed by atoms with Gasteiger partial charge in [-0.25, -0.2) is 4.09 Å². The van der Waals surface area contributed by atoms with Gasteiger partial charge >= 0.3 is 0 Å². The van der Waals surface area contributed by atoms with Crippen LogP contribution in [0, 0.1) is 0 Å². The third-order valence-corrected chi connectivity index (χ3v) is 7.33. The standard InChI is InChI=1S/C28H24ClN3O3/c1-30-12-10-19-14-20(5-8-24(19)30)27(34)26-23-15-18(4-9-25(23)32(29)28(26)35)17-2-6-21(7-3-17)31-13-11-22(33)16-31/h2-10,12,14-15,22,33,35H,11,13,16H2,1H3. The van der Waals surface area contributed by atoms with Gasteiger partial charge in [-0.15, -0.1) is 0 Å². The molecule has 0 radical (unpaired) electrons. The molecule has 3 heterocycles. The Hall–Kier alpha value is -3.74. The van der Waals surface area contributed by atoms with E-state index in [-0.39, 0.29) is 23.3 Å². The topological polar surface area (TPSA) is 70.6 Å². The van der Waals surface area contributed by atoms with Crippen LogP contribution < -0.4 is 4.90 Å². The molecule has 0 amide bonds. The van der Waals surface area contributed by atoms with Gasteiger partial charge in [-0.1, -0.05) is 18.2 Å². The van der Waals surface area contributed by atoms with Gasteiger partial charge in [0.2, 0.25) is 5.88 Å². The van der Waals surface area contributed by atoms with Gasteiger partial charge < -0.3 is 19.7 Å². The number of aliphatic hydroxyl groups excluding tert-OH is 1. The van der Waals surface area contributed by atoms with Crippen molar-refractivity contribution in [2.75, 3.05) is 18.0 Å². The number of aliphatic hydroxyl groups is 1. The molecule has 2 N–H and O–H groups in total. The zero-order valence-electron chi connectivity index (χ0n) is 19.1. The third kappa shape index (κ3) is 3.57. The molecule has 7 heteroatoms. The highest BCUT2D eigenvalue weighted by molar-refractivity contribution is 6.26. The summed E-state index contributed by atoms with van der Waals surface area (Å²) in [6.07, 6.45) is 2.46. The number of fused-ring (bicyclic) bond motifs is 2. The molecule has 1 atom stereocenters. The number of hydrogen-bond acceptors (Lipinski definition) is 4. The minimum Gasteiger partial charge on any atom is -0.493 e. The van der Waals surface area contributed by atoms with E-state index in [0.29, 0.717) is 23.0 Å². The molecule has 1 aliphatic rings. The van der Waals surface area contributed by atoms with Crippen LogP contribution in [0.5, 0.6) is 5.88 Å². The van der Waals surface area contributed by atoms with E-state index in [1.54, 1.807) is 6.07 Å². The fraction of sp³-hybridized carbons (Fsp3) is 0.179. The second kappa shape index (κ2) is 8.18. The molecule has 0 aliphatic carbocycles. The van der Waals surface area contributed by atoms with Crippen LogP contribution in [0.1, 0.15) is 22.3 Å². The molecule has 1 saturated heterocycles. The third-order valence-electron chi connectivity index (χ3n) is 6.99. The van der Waals surface area contributed by atoms with Crippen LogP contribution in [0.2, 0.25) is 0 Å². The van der Waals surface area contributed by atoms with Gasteiger partial charge in [0.15, 0.2) is 5.78 Å². The maximum Gasteiger partial charge on any atom is 0.218 e. The number of rotatable bonds is 4. The fourth-order valence-electron chi connectivity index (χ4n) is 5.05. The summed E-state index contributed by atoms with van der Waals surface area (Å²) >= 11 is 6.37. The number of anilines is 1. The number of carbonyl (C=O) groups is 1. The van der Waals surface area contributed by atoms with Crippen molar-refractivity contribution in [2.45, 2.75) is 12.5 Å². The van der Waals surface area contributed by atoms with E-state index in [9.17, 15) is 15.0 Å². The van der Waals surface area contributed by atoms with Crippen molar-refractivity contribution < 1.29 is 15.0 Å². The minimum atomic E-state index is -0.280. The Kier molecular flexibility index (Phi) is 5.09. The maximum atomic E-state index is 13.5. The molecule has 0 saturated carbocycles. The number of aryl methyl sites for hydroxylation is 1. The molecule has 176 valence electrons. The highest BCUT2D eigenvalue weighted by Crippen LogP contribution is 2.37. The predicted octanol–water partition coefficient (Wildman–Crippen LogP) is 5.31. The van der Waals surface area contributed by atoms with E-state index in [2.05, 4.69) is 4.90 Å². The number of benzene rings is 3. The SMILES string of the molecule is Cn1ccc2cc(C(=O)c3c(O)n(Cl)c4ccc(-c5ccc(N6CCC(O)C6)cc5)cc34)ccc21. The Balaban J connectivity index is 1.40. The van der Waals surface area contributed by atoms with E-state index in [1.807, 2.05) is 78.5 Å². The minimum absolute atomic E-state index is 0.190. The first-order valence-electron chi connectivity index (χ1n) is 11.6. The van der Waals surface area contributed by atoms with Crippen LogP contribution in [-0.2, 0) is 7.05 Å². The predicted molar refractivity (Wildman–Crippen MR) is 139 cm³/mol. The lowest BCUT2D eigenvalue weighted by Crippen LogP contribution is -2.20. The van der Waals surface area contributed by atoms with E-state index in [4.69, 9.17) is 11.8 Å². The maximum absolute atomic E-state index is 13.5. The first kappa shape index (κ1) is 21.8. The lowest BCUT2D eigenvalue weighted by Gasteiger charge is -2.18. The molecule has 0 spiro atoms. The van der Waals surface area contributed by atoms with Crippen molar-refractivity contribution in [3.63, 3.8) is 0 Å². The zero-order chi connectivity index (χ0) is 24.3. The molecule has 6 rings (SSSR count). The lowest BCUT2D eigenvalue weighted by molar-refractivity contribution is 0.103. The smallest absolute Gasteiger partial charge is 0.218 e. The summed E-state index contributed by atoms with van der Waals surface area (Å²) in [5.74, 6) is -0.544. The van der Waals surface area contributed by atoms with Crippen LogP contribution in [0.4, 0.5) is 5.69 Å². The van der Waals surface area contributed by atoms with Crippen molar-refractivity contribution in [1.82, 2.24) is 8.65 Å². The highest BCUT2D eigenvalue weighted by atomic mass is 35.5. The number of hydrogen-bond donors (Lipinski definition) is 2. The van der Waals surface area contributed by atoms with Crippen LogP contribution >= 0.6 is 11.8 Å². The second-order valence-electron chi connectivity index (χ2n) is 9.18. The van der Waals surface area contributed by atoms with Gasteiger partial charge in [-0.3, -0.25) is 4.79 Å². The van der Waals surface area contributed by atoms with E-state index in [0.717, 1.165) is 44.8 Å². The normalized spacial score (nSPS) is 16.0. The summed E-state index contributed by atoms with van der Waals surface area (Å²) in [4.78, 5) is 15.7.